The molecule has 1 aromatic carbocycles. The van der Waals surface area contributed by atoms with Crippen LogP contribution in [-0.2, 0) is 0 Å². The van der Waals surface area contributed by atoms with Crippen molar-refractivity contribution in [3.8, 4) is 0 Å². The molecular formula is C21H27ClN6O2. The van der Waals surface area contributed by atoms with E-state index in [-0.39, 0.29) is 11.5 Å². The van der Waals surface area contributed by atoms with Crippen molar-refractivity contribution in [1.82, 2.24) is 20.2 Å². The molecule has 0 aliphatic carbocycles. The van der Waals surface area contributed by atoms with Crippen molar-refractivity contribution in [3.05, 3.63) is 51.4 Å². The molecule has 2 saturated heterocycles. The van der Waals surface area contributed by atoms with Crippen LogP contribution in [0.4, 0.5) is 11.6 Å². The SMILES string of the molecule is O=C(NCCN1CCCC1)c1cnc(N2CCN(c3ccccc3Cl)CC2)[nH]c1=O. The van der Waals surface area contributed by atoms with Crippen LogP contribution in [0.1, 0.15) is 23.2 Å². The maximum Gasteiger partial charge on any atom is 0.265 e. The number of hydrogen-bond acceptors (Lipinski definition) is 6. The van der Waals surface area contributed by atoms with E-state index in [1.165, 1.54) is 19.0 Å². The van der Waals surface area contributed by atoms with Crippen molar-refractivity contribution in [2.45, 2.75) is 12.8 Å². The molecule has 2 fully saturated rings. The summed E-state index contributed by atoms with van der Waals surface area (Å²) in [5, 5.41) is 3.56. The summed E-state index contributed by atoms with van der Waals surface area (Å²) in [6.07, 6.45) is 3.80. The molecule has 0 unspecified atom stereocenters. The molecule has 0 atom stereocenters. The predicted octanol–water partition coefficient (Wildman–Crippen LogP) is 1.58. The van der Waals surface area contributed by atoms with Crippen LogP contribution in [0.5, 0.6) is 0 Å². The number of halogens is 1. The Morgan fingerprint density at radius 2 is 1.77 bits per heavy atom. The molecule has 2 aliphatic heterocycles. The van der Waals surface area contributed by atoms with Crippen LogP contribution in [-0.4, -0.2) is 73.1 Å². The number of rotatable bonds is 6. The van der Waals surface area contributed by atoms with Crippen molar-refractivity contribution in [1.29, 1.82) is 0 Å². The lowest BCUT2D eigenvalue weighted by Gasteiger charge is -2.36. The molecule has 9 heteroatoms. The minimum Gasteiger partial charge on any atom is -0.367 e. The van der Waals surface area contributed by atoms with Crippen LogP contribution in [0.25, 0.3) is 0 Å². The third kappa shape index (κ3) is 4.76. The molecule has 160 valence electrons. The molecule has 2 aliphatic rings. The van der Waals surface area contributed by atoms with Gasteiger partial charge in [0.1, 0.15) is 5.56 Å². The molecule has 2 aromatic rings. The number of anilines is 2. The average Bonchev–Trinajstić information content (AvgIpc) is 3.28. The fraction of sp³-hybridized carbons (Fsp3) is 0.476. The van der Waals surface area contributed by atoms with E-state index >= 15 is 0 Å². The number of H-pyrrole nitrogens is 1. The maximum atomic E-state index is 12.5. The Bertz CT molecular complexity index is 935. The fourth-order valence-electron chi connectivity index (χ4n) is 4.00. The highest BCUT2D eigenvalue weighted by molar-refractivity contribution is 6.33. The highest BCUT2D eigenvalue weighted by atomic mass is 35.5. The minimum atomic E-state index is -0.410. The molecule has 0 radical (unpaired) electrons. The minimum absolute atomic E-state index is 0.0508. The number of aromatic amines is 1. The second kappa shape index (κ2) is 9.49. The van der Waals surface area contributed by atoms with Crippen molar-refractivity contribution >= 4 is 29.1 Å². The van der Waals surface area contributed by atoms with Gasteiger partial charge in [-0.05, 0) is 38.1 Å². The number of piperazine rings is 1. The van der Waals surface area contributed by atoms with Crippen molar-refractivity contribution in [3.63, 3.8) is 0 Å². The largest absolute Gasteiger partial charge is 0.367 e. The first-order valence-corrected chi connectivity index (χ1v) is 10.8. The molecule has 0 saturated carbocycles. The Balaban J connectivity index is 1.32. The van der Waals surface area contributed by atoms with Gasteiger partial charge < -0.3 is 20.0 Å². The van der Waals surface area contributed by atoms with Crippen LogP contribution in [0.15, 0.2) is 35.3 Å². The van der Waals surface area contributed by atoms with Crippen LogP contribution >= 0.6 is 11.6 Å². The zero-order chi connectivity index (χ0) is 20.9. The summed E-state index contributed by atoms with van der Waals surface area (Å²) in [6, 6.07) is 7.79. The van der Waals surface area contributed by atoms with E-state index in [4.69, 9.17) is 11.6 Å². The highest BCUT2D eigenvalue weighted by Gasteiger charge is 2.21. The molecule has 1 aromatic heterocycles. The molecule has 0 spiro atoms. The van der Waals surface area contributed by atoms with Crippen LogP contribution in [0.3, 0.4) is 0 Å². The van der Waals surface area contributed by atoms with Gasteiger partial charge in [0.15, 0.2) is 0 Å². The third-order valence-electron chi connectivity index (χ3n) is 5.72. The lowest BCUT2D eigenvalue weighted by molar-refractivity contribution is 0.0948. The highest BCUT2D eigenvalue weighted by Crippen LogP contribution is 2.26. The number of carbonyl (C=O) groups excluding carboxylic acids is 1. The Kier molecular flexibility index (Phi) is 6.54. The summed E-state index contributed by atoms with van der Waals surface area (Å²) in [7, 11) is 0. The first-order chi connectivity index (χ1) is 14.6. The van der Waals surface area contributed by atoms with Gasteiger partial charge in [-0.1, -0.05) is 23.7 Å². The zero-order valence-corrected chi connectivity index (χ0v) is 17.7. The summed E-state index contributed by atoms with van der Waals surface area (Å²) in [6.45, 7) is 6.45. The summed E-state index contributed by atoms with van der Waals surface area (Å²) in [5.74, 6) is 0.116. The second-order valence-corrected chi connectivity index (χ2v) is 8.09. The van der Waals surface area contributed by atoms with Crippen molar-refractivity contribution in [2.24, 2.45) is 0 Å². The molecule has 8 nitrogen and oxygen atoms in total. The summed E-state index contributed by atoms with van der Waals surface area (Å²) < 4.78 is 0. The molecular weight excluding hydrogens is 404 g/mol. The second-order valence-electron chi connectivity index (χ2n) is 7.68. The van der Waals surface area contributed by atoms with Crippen LogP contribution < -0.4 is 20.7 Å². The Hall–Kier alpha value is -2.58. The summed E-state index contributed by atoms with van der Waals surface area (Å²) in [4.78, 5) is 38.4. The smallest absolute Gasteiger partial charge is 0.265 e. The summed E-state index contributed by atoms with van der Waals surface area (Å²) in [5.41, 5.74) is 0.656. The third-order valence-corrected chi connectivity index (χ3v) is 6.03. The number of nitrogens with zero attached hydrogens (tertiary/aromatic N) is 4. The van der Waals surface area contributed by atoms with Crippen molar-refractivity contribution in [2.75, 3.05) is 62.2 Å². The number of likely N-dealkylation sites (tertiary alicyclic amines) is 1. The molecule has 4 rings (SSSR count). The Labute approximate surface area is 180 Å². The van der Waals surface area contributed by atoms with Gasteiger partial charge in [-0.15, -0.1) is 0 Å². The zero-order valence-electron chi connectivity index (χ0n) is 16.9. The lowest BCUT2D eigenvalue weighted by Crippen LogP contribution is -2.47. The number of hydrogen-bond donors (Lipinski definition) is 2. The number of para-hydroxylation sites is 1. The van der Waals surface area contributed by atoms with Gasteiger partial charge in [0.25, 0.3) is 11.5 Å². The van der Waals surface area contributed by atoms with Gasteiger partial charge in [0.05, 0.1) is 10.7 Å². The molecule has 3 heterocycles. The van der Waals surface area contributed by atoms with E-state index < -0.39 is 5.56 Å². The van der Waals surface area contributed by atoms with E-state index in [0.29, 0.717) is 25.6 Å². The van der Waals surface area contributed by atoms with Crippen molar-refractivity contribution < 1.29 is 4.79 Å². The van der Waals surface area contributed by atoms with Crippen LogP contribution in [0, 0.1) is 0 Å². The Morgan fingerprint density at radius 3 is 2.47 bits per heavy atom. The average molecular weight is 431 g/mol. The standard InChI is InChI=1S/C21H27ClN6O2/c22-17-5-1-2-6-18(17)27-11-13-28(14-12-27)21-24-15-16(20(30)25-21)19(29)23-7-10-26-8-3-4-9-26/h1-2,5-6,15H,3-4,7-14H2,(H,23,29)(H,24,25,30). The molecule has 1 amide bonds. The van der Waals surface area contributed by atoms with Gasteiger partial charge in [-0.25, -0.2) is 4.98 Å². The number of nitrogens with one attached hydrogen (secondary N) is 2. The predicted molar refractivity (Wildman–Crippen MR) is 119 cm³/mol. The number of amides is 1. The first-order valence-electron chi connectivity index (χ1n) is 10.5. The van der Waals surface area contributed by atoms with Gasteiger partial charge in [-0.2, -0.15) is 0 Å². The number of carbonyl (C=O) groups is 1. The van der Waals surface area contributed by atoms with E-state index in [1.807, 2.05) is 29.2 Å². The normalized spacial score (nSPS) is 17.4. The first kappa shape index (κ1) is 20.7. The van der Waals surface area contributed by atoms with E-state index in [1.54, 1.807) is 0 Å². The maximum absolute atomic E-state index is 12.5. The van der Waals surface area contributed by atoms with Gasteiger partial charge in [-0.3, -0.25) is 14.6 Å². The van der Waals surface area contributed by atoms with Gasteiger partial charge >= 0.3 is 0 Å². The van der Waals surface area contributed by atoms with E-state index in [9.17, 15) is 9.59 Å². The monoisotopic (exact) mass is 430 g/mol. The van der Waals surface area contributed by atoms with Gasteiger partial charge in [0.2, 0.25) is 5.95 Å². The number of aromatic nitrogens is 2. The molecule has 2 N–H and O–H groups in total. The van der Waals surface area contributed by atoms with E-state index in [2.05, 4.69) is 25.1 Å². The van der Waals surface area contributed by atoms with E-state index in [0.717, 1.165) is 43.4 Å². The molecule has 30 heavy (non-hydrogen) atoms. The quantitative estimate of drug-likeness (QED) is 0.723. The topological polar surface area (TPSA) is 84.6 Å². The lowest BCUT2D eigenvalue weighted by atomic mass is 10.2. The number of benzene rings is 1. The summed E-state index contributed by atoms with van der Waals surface area (Å²) >= 11 is 6.30. The van der Waals surface area contributed by atoms with Gasteiger partial charge in [0, 0.05) is 45.5 Å². The van der Waals surface area contributed by atoms with Crippen LogP contribution in [0.2, 0.25) is 5.02 Å². The fourth-order valence-corrected chi connectivity index (χ4v) is 4.26. The molecule has 0 bridgehead atoms. The Morgan fingerprint density at radius 1 is 1.07 bits per heavy atom.